The number of rotatable bonds is 2. The van der Waals surface area contributed by atoms with Crippen molar-refractivity contribution in [3.63, 3.8) is 0 Å². The molecule has 0 aromatic heterocycles. The standard InChI is InChI=1S/C9H10N8S/c10-8-4-9(14-13-8)15-16-12-6-2-1-3-17-7(6)5-11-18-17/h1-3,5,11H,4H2,(H2,10,13)(H,12,14,15). The molecule has 3 aliphatic rings. The number of nitrogens with one attached hydrogen (secondary N) is 2. The van der Waals surface area contributed by atoms with Crippen LogP contribution in [0.15, 0.2) is 56.5 Å². The molecule has 0 bridgehead atoms. The normalized spacial score (nSPS) is 23.7. The Hall–Kier alpha value is -2.29. The summed E-state index contributed by atoms with van der Waals surface area (Å²) in [6.07, 6.45) is 8.04. The number of hydrogen-bond donors (Lipinski definition) is 3. The second-order valence-corrected chi connectivity index (χ2v) is 4.40. The van der Waals surface area contributed by atoms with Gasteiger partial charge in [-0.1, -0.05) is 0 Å². The number of amidine groups is 2. The van der Waals surface area contributed by atoms with E-state index in [1.165, 1.54) is 12.1 Å². The Balaban J connectivity index is 1.70. The Morgan fingerprint density at radius 2 is 2.44 bits per heavy atom. The number of allylic oxidation sites excluding steroid dienone is 2. The van der Waals surface area contributed by atoms with E-state index in [2.05, 4.69) is 30.7 Å². The van der Waals surface area contributed by atoms with Crippen LogP contribution >= 0.6 is 12.1 Å². The first-order chi connectivity index (χ1) is 8.83. The summed E-state index contributed by atoms with van der Waals surface area (Å²) in [6.45, 7) is 0. The zero-order chi connectivity index (χ0) is 12.4. The predicted octanol–water partition coefficient (Wildman–Crippen LogP) is 0.739. The van der Waals surface area contributed by atoms with Gasteiger partial charge in [0.05, 0.1) is 24.3 Å². The van der Waals surface area contributed by atoms with E-state index in [4.69, 9.17) is 5.73 Å². The van der Waals surface area contributed by atoms with Crippen LogP contribution in [0.2, 0.25) is 0 Å². The molecule has 3 heterocycles. The van der Waals surface area contributed by atoms with Gasteiger partial charge in [-0.2, -0.15) is 5.10 Å². The van der Waals surface area contributed by atoms with E-state index in [-0.39, 0.29) is 0 Å². The molecule has 0 radical (unpaired) electrons. The van der Waals surface area contributed by atoms with Crippen molar-refractivity contribution in [3.8, 4) is 0 Å². The highest BCUT2D eigenvalue weighted by Gasteiger charge is 2.20. The molecular weight excluding hydrogens is 252 g/mol. The molecule has 0 aromatic rings. The van der Waals surface area contributed by atoms with Gasteiger partial charge in [-0.15, -0.1) is 10.2 Å². The third-order valence-electron chi connectivity index (χ3n) is 2.32. The molecule has 3 rings (SSSR count). The van der Waals surface area contributed by atoms with Gasteiger partial charge in [0.2, 0.25) is 0 Å². The lowest BCUT2D eigenvalue weighted by molar-refractivity contribution is 0.769. The Bertz CT molecular complexity index is 541. The molecule has 0 unspecified atom stereocenters. The Kier molecular flexibility index (Phi) is 2.73. The van der Waals surface area contributed by atoms with Crippen molar-refractivity contribution < 1.29 is 0 Å². The molecule has 0 aliphatic carbocycles. The van der Waals surface area contributed by atoms with Crippen LogP contribution in [0.1, 0.15) is 6.42 Å². The maximum absolute atomic E-state index is 5.50. The summed E-state index contributed by atoms with van der Waals surface area (Å²) in [7, 11) is 0. The topological polar surface area (TPSA) is 103 Å². The van der Waals surface area contributed by atoms with E-state index in [9.17, 15) is 0 Å². The SMILES string of the molecule is NC1=NNC(=NN=NC2=CC=CN3SNC=C23)C1. The summed E-state index contributed by atoms with van der Waals surface area (Å²) in [4.78, 5) is 0. The minimum Gasteiger partial charge on any atom is -0.385 e. The van der Waals surface area contributed by atoms with Gasteiger partial charge in [0.25, 0.3) is 0 Å². The van der Waals surface area contributed by atoms with E-state index in [1.807, 2.05) is 28.9 Å². The monoisotopic (exact) mass is 262 g/mol. The third kappa shape index (κ3) is 2.07. The van der Waals surface area contributed by atoms with Gasteiger partial charge in [-0.25, -0.2) is 0 Å². The molecular formula is C9H10N8S. The first-order valence-electron chi connectivity index (χ1n) is 5.19. The number of nitrogens with two attached hydrogens (primary N) is 1. The number of fused-ring (bicyclic) bond motifs is 1. The van der Waals surface area contributed by atoms with E-state index in [0.29, 0.717) is 18.1 Å². The van der Waals surface area contributed by atoms with E-state index >= 15 is 0 Å². The molecule has 9 heteroatoms. The Morgan fingerprint density at radius 3 is 3.28 bits per heavy atom. The largest absolute Gasteiger partial charge is 0.385 e. The fourth-order valence-electron chi connectivity index (χ4n) is 1.50. The van der Waals surface area contributed by atoms with Crippen molar-refractivity contribution >= 4 is 23.8 Å². The quantitative estimate of drug-likeness (QED) is 0.387. The summed E-state index contributed by atoms with van der Waals surface area (Å²) in [6, 6.07) is 0. The maximum atomic E-state index is 5.50. The number of nitrogens with zero attached hydrogens (tertiary/aromatic N) is 5. The lowest BCUT2D eigenvalue weighted by Gasteiger charge is -2.16. The van der Waals surface area contributed by atoms with Crippen molar-refractivity contribution in [2.75, 3.05) is 0 Å². The summed E-state index contributed by atoms with van der Waals surface area (Å²) >= 11 is 1.47. The van der Waals surface area contributed by atoms with Gasteiger partial charge < -0.3 is 10.5 Å². The first-order valence-corrected chi connectivity index (χ1v) is 5.96. The van der Waals surface area contributed by atoms with Crippen LogP contribution in [0.5, 0.6) is 0 Å². The molecule has 0 aromatic carbocycles. The fraction of sp³-hybridized carbons (Fsp3) is 0.111. The predicted molar refractivity (Wildman–Crippen MR) is 69.5 cm³/mol. The van der Waals surface area contributed by atoms with Crippen LogP contribution in [0.3, 0.4) is 0 Å². The second-order valence-electron chi connectivity index (χ2n) is 3.59. The summed E-state index contributed by atoms with van der Waals surface area (Å²) in [5, 5.41) is 15.6. The minimum atomic E-state index is 0.476. The van der Waals surface area contributed by atoms with Crippen LogP contribution in [0.4, 0.5) is 0 Å². The summed E-state index contributed by atoms with van der Waals surface area (Å²) in [5.74, 6) is 1.09. The van der Waals surface area contributed by atoms with Crippen molar-refractivity contribution in [2.24, 2.45) is 26.3 Å². The van der Waals surface area contributed by atoms with Gasteiger partial charge in [-0.05, 0) is 17.4 Å². The highest BCUT2D eigenvalue weighted by atomic mass is 32.2. The highest BCUT2D eigenvalue weighted by molar-refractivity contribution is 7.95. The maximum Gasteiger partial charge on any atom is 0.154 e. The highest BCUT2D eigenvalue weighted by Crippen LogP contribution is 2.30. The Morgan fingerprint density at radius 1 is 1.50 bits per heavy atom. The summed E-state index contributed by atoms with van der Waals surface area (Å²) in [5.41, 5.74) is 9.86. The van der Waals surface area contributed by atoms with Crippen LogP contribution in [-0.4, -0.2) is 16.0 Å². The zero-order valence-corrected chi connectivity index (χ0v) is 10.1. The number of hydrazone groups is 1. The van der Waals surface area contributed by atoms with E-state index < -0.39 is 0 Å². The molecule has 92 valence electrons. The first kappa shape index (κ1) is 10.8. The van der Waals surface area contributed by atoms with Gasteiger partial charge in [0, 0.05) is 12.4 Å². The molecule has 8 nitrogen and oxygen atoms in total. The van der Waals surface area contributed by atoms with E-state index in [0.717, 1.165) is 11.4 Å². The molecule has 3 aliphatic heterocycles. The van der Waals surface area contributed by atoms with Crippen molar-refractivity contribution in [1.29, 1.82) is 0 Å². The van der Waals surface area contributed by atoms with Gasteiger partial charge in [-0.3, -0.25) is 9.73 Å². The molecule has 0 amide bonds. The Labute approximate surface area is 107 Å². The van der Waals surface area contributed by atoms with Crippen molar-refractivity contribution in [1.82, 2.24) is 14.5 Å². The van der Waals surface area contributed by atoms with Gasteiger partial charge in [0.1, 0.15) is 11.5 Å². The average molecular weight is 262 g/mol. The third-order valence-corrected chi connectivity index (χ3v) is 3.06. The van der Waals surface area contributed by atoms with Crippen molar-refractivity contribution in [2.45, 2.75) is 6.42 Å². The van der Waals surface area contributed by atoms with Crippen molar-refractivity contribution in [3.05, 3.63) is 35.9 Å². The van der Waals surface area contributed by atoms with Crippen LogP contribution < -0.4 is 15.9 Å². The van der Waals surface area contributed by atoms with Crippen LogP contribution in [-0.2, 0) is 0 Å². The molecule has 0 saturated carbocycles. The smallest absolute Gasteiger partial charge is 0.154 e. The number of hydrogen-bond acceptors (Lipinski definition) is 7. The zero-order valence-electron chi connectivity index (χ0n) is 9.24. The lowest BCUT2D eigenvalue weighted by atomic mass is 10.2. The molecule has 0 spiro atoms. The van der Waals surface area contributed by atoms with Crippen LogP contribution in [0, 0.1) is 0 Å². The second kappa shape index (κ2) is 4.53. The average Bonchev–Trinajstić information content (AvgIpc) is 2.98. The lowest BCUT2D eigenvalue weighted by Crippen LogP contribution is -2.12. The van der Waals surface area contributed by atoms with Gasteiger partial charge in [0.15, 0.2) is 5.84 Å². The minimum absolute atomic E-state index is 0.476. The fourth-order valence-corrected chi connectivity index (χ4v) is 2.15. The molecule has 0 atom stereocenters. The molecule has 4 N–H and O–H groups in total. The molecule has 18 heavy (non-hydrogen) atoms. The van der Waals surface area contributed by atoms with E-state index in [1.54, 1.807) is 0 Å². The summed E-state index contributed by atoms with van der Waals surface area (Å²) < 4.78 is 4.99. The molecule has 0 saturated heterocycles. The van der Waals surface area contributed by atoms with Gasteiger partial charge >= 0.3 is 0 Å². The molecule has 0 fully saturated rings. The van der Waals surface area contributed by atoms with Crippen LogP contribution in [0.25, 0.3) is 0 Å².